The van der Waals surface area contributed by atoms with Crippen molar-refractivity contribution in [2.45, 2.75) is 32.2 Å². The third-order valence-electron chi connectivity index (χ3n) is 2.96. The molecule has 1 aromatic rings. The first-order valence-corrected chi connectivity index (χ1v) is 4.95. The number of hydrogen-bond acceptors (Lipinski definition) is 2. The Morgan fingerprint density at radius 2 is 2.31 bits per heavy atom. The van der Waals surface area contributed by atoms with Gasteiger partial charge in [0.05, 0.1) is 0 Å². The van der Waals surface area contributed by atoms with Crippen LogP contribution in [0.25, 0.3) is 0 Å². The topological polar surface area (TPSA) is 38.9 Å². The average molecular weight is 176 g/mol. The quantitative estimate of drug-likeness (QED) is 0.750. The fourth-order valence-corrected chi connectivity index (χ4v) is 1.85. The lowest BCUT2D eigenvalue weighted by atomic mass is 9.78. The van der Waals surface area contributed by atoms with Crippen LogP contribution in [0.4, 0.5) is 0 Å². The largest absolute Gasteiger partial charge is 0.324 e. The second-order valence-corrected chi connectivity index (χ2v) is 3.95. The number of pyridine rings is 1. The summed E-state index contributed by atoms with van der Waals surface area (Å²) >= 11 is 0. The number of nitrogens with zero attached hydrogens (tertiary/aromatic N) is 1. The van der Waals surface area contributed by atoms with E-state index in [1.807, 2.05) is 19.2 Å². The zero-order valence-corrected chi connectivity index (χ0v) is 8.03. The summed E-state index contributed by atoms with van der Waals surface area (Å²) in [5, 5.41) is 0. The van der Waals surface area contributed by atoms with Crippen molar-refractivity contribution < 1.29 is 0 Å². The molecule has 1 unspecified atom stereocenters. The van der Waals surface area contributed by atoms with E-state index in [4.69, 9.17) is 5.73 Å². The van der Waals surface area contributed by atoms with Crippen LogP contribution in [0.3, 0.4) is 0 Å². The van der Waals surface area contributed by atoms with Gasteiger partial charge in [-0.1, -0.05) is 6.42 Å². The Morgan fingerprint density at radius 3 is 2.85 bits per heavy atom. The summed E-state index contributed by atoms with van der Waals surface area (Å²) in [6.07, 6.45) is 5.79. The number of aromatic nitrogens is 1. The van der Waals surface area contributed by atoms with Crippen LogP contribution in [0, 0.1) is 12.8 Å². The SMILES string of the molecule is Cc1cc(C(N)C2CCC2)ccn1. The van der Waals surface area contributed by atoms with Gasteiger partial charge in [-0.3, -0.25) is 4.98 Å². The Kier molecular flexibility index (Phi) is 2.32. The average Bonchev–Trinajstić information content (AvgIpc) is 2.01. The van der Waals surface area contributed by atoms with Crippen molar-refractivity contribution in [1.29, 1.82) is 0 Å². The van der Waals surface area contributed by atoms with E-state index in [9.17, 15) is 0 Å². The van der Waals surface area contributed by atoms with Crippen molar-refractivity contribution in [2.75, 3.05) is 0 Å². The molecule has 1 aromatic heterocycles. The van der Waals surface area contributed by atoms with Crippen LogP contribution < -0.4 is 5.73 Å². The molecule has 1 fully saturated rings. The minimum absolute atomic E-state index is 0.232. The molecule has 1 aliphatic rings. The lowest BCUT2D eigenvalue weighted by Gasteiger charge is -2.31. The highest BCUT2D eigenvalue weighted by Gasteiger charge is 2.25. The number of hydrogen-bond donors (Lipinski definition) is 1. The molecule has 0 aromatic carbocycles. The first-order valence-electron chi connectivity index (χ1n) is 4.95. The summed E-state index contributed by atoms with van der Waals surface area (Å²) in [5.74, 6) is 0.710. The molecule has 2 heteroatoms. The monoisotopic (exact) mass is 176 g/mol. The molecule has 0 radical (unpaired) electrons. The lowest BCUT2D eigenvalue weighted by molar-refractivity contribution is 0.264. The van der Waals surface area contributed by atoms with Crippen LogP contribution in [0.2, 0.25) is 0 Å². The molecule has 1 saturated carbocycles. The van der Waals surface area contributed by atoms with Gasteiger partial charge in [0, 0.05) is 17.9 Å². The standard InChI is InChI=1S/C11H16N2/c1-8-7-10(5-6-13-8)11(12)9-3-2-4-9/h5-7,9,11H,2-4,12H2,1H3. The first kappa shape index (κ1) is 8.70. The molecular weight excluding hydrogens is 160 g/mol. The molecule has 2 rings (SSSR count). The van der Waals surface area contributed by atoms with Gasteiger partial charge in [-0.15, -0.1) is 0 Å². The van der Waals surface area contributed by atoms with Gasteiger partial charge >= 0.3 is 0 Å². The van der Waals surface area contributed by atoms with E-state index in [1.54, 1.807) is 0 Å². The van der Waals surface area contributed by atoms with E-state index in [0.29, 0.717) is 5.92 Å². The Morgan fingerprint density at radius 1 is 1.54 bits per heavy atom. The molecule has 0 aliphatic heterocycles. The third kappa shape index (κ3) is 1.73. The van der Waals surface area contributed by atoms with Gasteiger partial charge in [0.2, 0.25) is 0 Å². The van der Waals surface area contributed by atoms with Gasteiger partial charge in [0.15, 0.2) is 0 Å². The molecule has 1 atom stereocenters. The number of aryl methyl sites for hydroxylation is 1. The summed E-state index contributed by atoms with van der Waals surface area (Å²) in [6.45, 7) is 2.01. The molecule has 0 amide bonds. The molecule has 0 bridgehead atoms. The van der Waals surface area contributed by atoms with Crippen molar-refractivity contribution in [2.24, 2.45) is 11.7 Å². The van der Waals surface area contributed by atoms with Crippen LogP contribution in [0.5, 0.6) is 0 Å². The van der Waals surface area contributed by atoms with Crippen molar-refractivity contribution in [3.8, 4) is 0 Å². The molecule has 2 N–H and O–H groups in total. The molecule has 1 aliphatic carbocycles. The van der Waals surface area contributed by atoms with Crippen molar-refractivity contribution in [3.63, 3.8) is 0 Å². The van der Waals surface area contributed by atoms with Crippen LogP contribution in [-0.4, -0.2) is 4.98 Å². The van der Waals surface area contributed by atoms with Crippen LogP contribution in [0.1, 0.15) is 36.6 Å². The molecular formula is C11H16N2. The van der Waals surface area contributed by atoms with Gasteiger partial charge in [0.1, 0.15) is 0 Å². The van der Waals surface area contributed by atoms with Gasteiger partial charge in [-0.05, 0) is 43.4 Å². The van der Waals surface area contributed by atoms with E-state index in [2.05, 4.69) is 11.1 Å². The molecule has 0 saturated heterocycles. The zero-order valence-electron chi connectivity index (χ0n) is 8.03. The minimum Gasteiger partial charge on any atom is -0.324 e. The zero-order chi connectivity index (χ0) is 9.26. The fourth-order valence-electron chi connectivity index (χ4n) is 1.85. The van der Waals surface area contributed by atoms with E-state index >= 15 is 0 Å². The minimum atomic E-state index is 0.232. The van der Waals surface area contributed by atoms with E-state index < -0.39 is 0 Å². The van der Waals surface area contributed by atoms with E-state index in [0.717, 1.165) is 5.69 Å². The summed E-state index contributed by atoms with van der Waals surface area (Å²) < 4.78 is 0. The summed E-state index contributed by atoms with van der Waals surface area (Å²) in [6, 6.07) is 4.37. The highest BCUT2D eigenvalue weighted by Crippen LogP contribution is 2.35. The third-order valence-corrected chi connectivity index (χ3v) is 2.96. The Balaban J connectivity index is 2.14. The number of nitrogens with two attached hydrogens (primary N) is 1. The maximum atomic E-state index is 6.14. The van der Waals surface area contributed by atoms with E-state index in [-0.39, 0.29) is 6.04 Å². The molecule has 13 heavy (non-hydrogen) atoms. The van der Waals surface area contributed by atoms with Gasteiger partial charge in [-0.2, -0.15) is 0 Å². The fraction of sp³-hybridized carbons (Fsp3) is 0.545. The smallest absolute Gasteiger partial charge is 0.0375 e. The second-order valence-electron chi connectivity index (χ2n) is 3.95. The maximum absolute atomic E-state index is 6.14. The highest BCUT2D eigenvalue weighted by molar-refractivity contribution is 5.20. The predicted molar refractivity (Wildman–Crippen MR) is 53.2 cm³/mol. The maximum Gasteiger partial charge on any atom is 0.0375 e. The predicted octanol–water partition coefficient (Wildman–Crippen LogP) is 2.19. The molecule has 0 spiro atoms. The van der Waals surface area contributed by atoms with Gasteiger partial charge in [0.25, 0.3) is 0 Å². The highest BCUT2D eigenvalue weighted by atomic mass is 14.7. The van der Waals surface area contributed by atoms with Crippen molar-refractivity contribution >= 4 is 0 Å². The number of rotatable bonds is 2. The van der Waals surface area contributed by atoms with E-state index in [1.165, 1.54) is 24.8 Å². The first-order chi connectivity index (χ1) is 6.27. The van der Waals surface area contributed by atoms with Crippen LogP contribution >= 0.6 is 0 Å². The Bertz CT molecular complexity index is 292. The second kappa shape index (κ2) is 3.46. The van der Waals surface area contributed by atoms with Crippen molar-refractivity contribution in [3.05, 3.63) is 29.6 Å². The normalized spacial score (nSPS) is 19.5. The van der Waals surface area contributed by atoms with Gasteiger partial charge < -0.3 is 5.73 Å². The van der Waals surface area contributed by atoms with Gasteiger partial charge in [-0.25, -0.2) is 0 Å². The Labute approximate surface area is 79.2 Å². The molecule has 1 heterocycles. The van der Waals surface area contributed by atoms with Crippen LogP contribution in [-0.2, 0) is 0 Å². The summed E-state index contributed by atoms with van der Waals surface area (Å²) in [4.78, 5) is 4.17. The lowest BCUT2D eigenvalue weighted by Crippen LogP contribution is -2.26. The summed E-state index contributed by atoms with van der Waals surface area (Å²) in [5.41, 5.74) is 8.45. The molecule has 2 nitrogen and oxygen atoms in total. The van der Waals surface area contributed by atoms with Crippen molar-refractivity contribution in [1.82, 2.24) is 4.98 Å². The molecule has 70 valence electrons. The van der Waals surface area contributed by atoms with Crippen LogP contribution in [0.15, 0.2) is 18.3 Å². The Hall–Kier alpha value is -0.890. The summed E-state index contributed by atoms with van der Waals surface area (Å²) in [7, 11) is 0.